The van der Waals surface area contributed by atoms with Gasteiger partial charge in [0.25, 0.3) is 0 Å². The lowest BCUT2D eigenvalue weighted by Gasteiger charge is -2.23. The van der Waals surface area contributed by atoms with Gasteiger partial charge in [-0.1, -0.05) is 12.8 Å². The maximum Gasteiger partial charge on any atom is 0.303 e. The smallest absolute Gasteiger partial charge is 0.303 e. The number of hydrogen-bond donors (Lipinski definition) is 1. The van der Waals surface area contributed by atoms with E-state index < -0.39 is 14.3 Å². The fourth-order valence-electron chi connectivity index (χ4n) is 4.06. The van der Waals surface area contributed by atoms with Gasteiger partial charge in [0.1, 0.15) is 6.54 Å². The van der Waals surface area contributed by atoms with Gasteiger partial charge in [-0.25, -0.2) is 0 Å². The molecule has 1 aliphatic heterocycles. The van der Waals surface area contributed by atoms with Crippen LogP contribution >= 0.6 is 8.38 Å². The Morgan fingerprint density at radius 3 is 2.39 bits per heavy atom. The van der Waals surface area contributed by atoms with Crippen LogP contribution in [0.5, 0.6) is 0 Å². The Bertz CT molecular complexity index is 712. The number of rotatable bonds is 12. The molecule has 1 aromatic rings. The first kappa shape index (κ1) is 23.0. The van der Waals surface area contributed by atoms with Crippen LogP contribution in [0, 0.1) is 0 Å². The van der Waals surface area contributed by atoms with E-state index in [4.69, 9.17) is 14.2 Å². The molecule has 0 amide bonds. The number of fused-ring (bicyclic) bond motifs is 1. The SMILES string of the molecule is CCOP(OCC)c1ccc2c(c1)C(C)(CCCCCC(=O)O)C(C)=[N+]2CC. The summed E-state index contributed by atoms with van der Waals surface area (Å²) in [7, 11) is -1.06. The third-order valence-electron chi connectivity index (χ3n) is 5.66. The lowest BCUT2D eigenvalue weighted by atomic mass is 9.76. The molecule has 0 radical (unpaired) electrons. The van der Waals surface area contributed by atoms with Gasteiger partial charge < -0.3 is 14.2 Å². The van der Waals surface area contributed by atoms with Gasteiger partial charge in [0, 0.05) is 30.3 Å². The van der Waals surface area contributed by atoms with Crippen LogP contribution in [-0.2, 0) is 19.3 Å². The van der Waals surface area contributed by atoms with Crippen molar-refractivity contribution in [2.24, 2.45) is 0 Å². The molecular weight excluding hydrogens is 373 g/mol. The zero-order chi connectivity index (χ0) is 20.7. The number of carboxylic acid groups (broad SMARTS) is 1. The standard InChI is InChI=1S/C22H34NO4P/c1-6-23-17(4)22(5,15-11-9-10-12-21(24)25)19-16-18(13-14-20(19)23)28(26-7-2)27-8-3/h13-14,16H,6-12,15H2,1-5H3/p+1. The molecule has 1 atom stereocenters. The number of carbonyl (C=O) groups is 1. The van der Waals surface area contributed by atoms with Crippen molar-refractivity contribution in [2.75, 3.05) is 19.8 Å². The number of benzene rings is 1. The number of aliphatic carboxylic acids is 1. The van der Waals surface area contributed by atoms with E-state index in [9.17, 15) is 4.79 Å². The van der Waals surface area contributed by atoms with Crippen LogP contribution in [0.15, 0.2) is 18.2 Å². The fourth-order valence-corrected chi connectivity index (χ4v) is 5.34. The third kappa shape index (κ3) is 5.00. The van der Waals surface area contributed by atoms with Gasteiger partial charge in [0.15, 0.2) is 5.71 Å². The normalized spacial score (nSPS) is 18.8. The summed E-state index contributed by atoms with van der Waals surface area (Å²) in [6, 6.07) is 6.63. The minimum atomic E-state index is -1.06. The second-order valence-electron chi connectivity index (χ2n) is 7.41. The molecule has 1 N–H and O–H groups in total. The summed E-state index contributed by atoms with van der Waals surface area (Å²) in [5.41, 5.74) is 3.95. The van der Waals surface area contributed by atoms with Crippen molar-refractivity contribution in [3.8, 4) is 0 Å². The van der Waals surface area contributed by atoms with E-state index in [0.29, 0.717) is 13.2 Å². The molecule has 5 nitrogen and oxygen atoms in total. The monoisotopic (exact) mass is 408 g/mol. The van der Waals surface area contributed by atoms with E-state index in [1.807, 2.05) is 13.8 Å². The number of hydrogen-bond acceptors (Lipinski definition) is 3. The number of unbranched alkanes of at least 4 members (excludes halogenated alkanes) is 2. The van der Waals surface area contributed by atoms with Crippen molar-refractivity contribution in [2.45, 2.75) is 72.1 Å². The van der Waals surface area contributed by atoms with Gasteiger partial charge in [-0.05, 0) is 52.7 Å². The summed E-state index contributed by atoms with van der Waals surface area (Å²) in [4.78, 5) is 10.8. The largest absolute Gasteiger partial charge is 0.481 e. The summed E-state index contributed by atoms with van der Waals surface area (Å²) >= 11 is 0. The Balaban J connectivity index is 2.28. The van der Waals surface area contributed by atoms with Crippen LogP contribution in [0.1, 0.15) is 72.3 Å². The van der Waals surface area contributed by atoms with E-state index in [0.717, 1.165) is 37.5 Å². The van der Waals surface area contributed by atoms with Crippen molar-refractivity contribution in [1.29, 1.82) is 0 Å². The third-order valence-corrected chi connectivity index (χ3v) is 7.34. The highest BCUT2D eigenvalue weighted by Crippen LogP contribution is 2.45. The lowest BCUT2D eigenvalue weighted by molar-refractivity contribution is -0.434. The minimum absolute atomic E-state index is 0.0377. The predicted octanol–water partition coefficient (Wildman–Crippen LogP) is 5.13. The van der Waals surface area contributed by atoms with Crippen LogP contribution in [0.3, 0.4) is 0 Å². The minimum Gasteiger partial charge on any atom is -0.481 e. The van der Waals surface area contributed by atoms with E-state index >= 15 is 0 Å². The molecule has 0 saturated heterocycles. The Morgan fingerprint density at radius 2 is 1.82 bits per heavy atom. The second-order valence-corrected chi connectivity index (χ2v) is 8.96. The average Bonchev–Trinajstić information content (AvgIpc) is 2.88. The van der Waals surface area contributed by atoms with Gasteiger partial charge >= 0.3 is 5.97 Å². The van der Waals surface area contributed by atoms with Gasteiger partial charge in [0.05, 0.1) is 18.6 Å². The highest BCUT2D eigenvalue weighted by molar-refractivity contribution is 7.56. The van der Waals surface area contributed by atoms with Crippen LogP contribution < -0.4 is 5.30 Å². The summed E-state index contributed by atoms with van der Waals surface area (Å²) in [6.07, 6.45) is 3.99. The van der Waals surface area contributed by atoms with Crippen LogP contribution in [0.25, 0.3) is 0 Å². The van der Waals surface area contributed by atoms with Gasteiger partial charge in [-0.15, -0.1) is 0 Å². The van der Waals surface area contributed by atoms with E-state index in [1.54, 1.807) is 0 Å². The average molecular weight is 408 g/mol. The first-order valence-electron chi connectivity index (χ1n) is 10.4. The molecule has 0 aromatic heterocycles. The number of nitrogens with zero attached hydrogens (tertiary/aromatic N) is 1. The topological polar surface area (TPSA) is 58.8 Å². The van der Waals surface area contributed by atoms with Crippen LogP contribution in [0.4, 0.5) is 5.69 Å². The molecule has 28 heavy (non-hydrogen) atoms. The van der Waals surface area contributed by atoms with E-state index in [2.05, 4.69) is 43.5 Å². The Morgan fingerprint density at radius 1 is 1.14 bits per heavy atom. The zero-order valence-electron chi connectivity index (χ0n) is 18.0. The molecule has 0 bridgehead atoms. The Labute approximate surface area is 170 Å². The van der Waals surface area contributed by atoms with Gasteiger partial charge in [0.2, 0.25) is 14.1 Å². The Kier molecular flexibility index (Phi) is 8.60. The molecule has 1 aromatic carbocycles. The molecule has 0 saturated carbocycles. The summed E-state index contributed by atoms with van der Waals surface area (Å²) in [5.74, 6) is -0.706. The summed E-state index contributed by atoms with van der Waals surface area (Å²) < 4.78 is 14.2. The molecule has 0 fully saturated rings. The molecule has 1 aliphatic rings. The van der Waals surface area contributed by atoms with Crippen molar-refractivity contribution >= 4 is 31.0 Å². The second kappa shape index (κ2) is 10.5. The first-order chi connectivity index (χ1) is 13.4. The fraction of sp³-hybridized carbons (Fsp3) is 0.636. The van der Waals surface area contributed by atoms with Gasteiger partial charge in [-0.3, -0.25) is 4.79 Å². The van der Waals surface area contributed by atoms with E-state index in [1.165, 1.54) is 17.0 Å². The molecular formula is C22H35NO4P+. The van der Waals surface area contributed by atoms with Crippen molar-refractivity contribution in [3.63, 3.8) is 0 Å². The van der Waals surface area contributed by atoms with Crippen molar-refractivity contribution in [1.82, 2.24) is 0 Å². The maximum atomic E-state index is 10.8. The highest BCUT2D eigenvalue weighted by Gasteiger charge is 2.45. The summed E-state index contributed by atoms with van der Waals surface area (Å²) in [6.45, 7) is 13.0. The molecule has 0 spiro atoms. The predicted molar refractivity (Wildman–Crippen MR) is 115 cm³/mol. The molecule has 0 aliphatic carbocycles. The molecule has 2 rings (SSSR count). The van der Waals surface area contributed by atoms with Crippen LogP contribution in [0.2, 0.25) is 0 Å². The molecule has 1 heterocycles. The lowest BCUT2D eigenvalue weighted by Crippen LogP contribution is -2.30. The van der Waals surface area contributed by atoms with E-state index in [-0.39, 0.29) is 11.8 Å². The molecule has 1 unspecified atom stereocenters. The Hall–Kier alpha value is -1.29. The quantitative estimate of drug-likeness (QED) is 0.296. The molecule has 6 heteroatoms. The molecule has 156 valence electrons. The first-order valence-corrected chi connectivity index (χ1v) is 11.6. The van der Waals surface area contributed by atoms with Gasteiger partial charge in [-0.2, -0.15) is 4.58 Å². The summed E-state index contributed by atoms with van der Waals surface area (Å²) in [5, 5.41) is 9.98. The van der Waals surface area contributed by atoms with Crippen LogP contribution in [-0.4, -0.2) is 41.1 Å². The van der Waals surface area contributed by atoms with Crippen molar-refractivity contribution in [3.05, 3.63) is 23.8 Å². The van der Waals surface area contributed by atoms with Crippen molar-refractivity contribution < 1.29 is 23.5 Å². The maximum absolute atomic E-state index is 10.8. The highest BCUT2D eigenvalue weighted by atomic mass is 31.2. The number of carboxylic acids is 1. The zero-order valence-corrected chi connectivity index (χ0v) is 18.8.